The smallest absolute Gasteiger partial charge is 0.355 e. The summed E-state index contributed by atoms with van der Waals surface area (Å²) in [4.78, 5) is 24.5. The molecule has 0 amide bonds. The van der Waals surface area contributed by atoms with Crippen molar-refractivity contribution in [2.75, 3.05) is 36.5 Å². The number of hydrogen-bond acceptors (Lipinski definition) is 12. The van der Waals surface area contributed by atoms with Crippen molar-refractivity contribution in [2.24, 2.45) is 27.1 Å². The number of hydrogen-bond donors (Lipinski definition) is 5. The Labute approximate surface area is 355 Å². The molecule has 10 rings (SSSR count). The molecule has 4 aliphatic carbocycles. The lowest BCUT2D eigenvalue weighted by atomic mass is 9.38. The van der Waals surface area contributed by atoms with Crippen molar-refractivity contribution in [3.05, 3.63) is 65.1 Å². The van der Waals surface area contributed by atoms with E-state index in [1.165, 1.54) is 44.9 Å². The van der Waals surface area contributed by atoms with Gasteiger partial charge in [-0.25, -0.2) is 14.8 Å². The van der Waals surface area contributed by atoms with Crippen LogP contribution in [0.1, 0.15) is 105 Å². The number of carboxylic acid groups (broad SMARTS) is 1. The molecule has 0 saturated heterocycles. The number of aliphatic hydroxyl groups is 2. The molecule has 0 radical (unpaired) electrons. The minimum Gasteiger partial charge on any atom is -0.476 e. The van der Waals surface area contributed by atoms with Crippen LogP contribution < -0.4 is 15.5 Å². The molecule has 6 unspecified atom stereocenters. The first kappa shape index (κ1) is 39.6. The van der Waals surface area contributed by atoms with Gasteiger partial charge in [0.05, 0.1) is 29.1 Å². The lowest BCUT2D eigenvalue weighted by Gasteiger charge is -2.66. The average molecular weight is 832 g/mol. The van der Waals surface area contributed by atoms with Crippen molar-refractivity contribution in [1.82, 2.24) is 35.3 Å². The Morgan fingerprint density at radius 3 is 2.65 bits per heavy atom. The quantitative estimate of drug-likeness (QED) is 0.0645. The zero-order chi connectivity index (χ0) is 41.7. The molecule has 5 N–H and O–H groups in total. The van der Waals surface area contributed by atoms with E-state index < -0.39 is 12.1 Å². The summed E-state index contributed by atoms with van der Waals surface area (Å²) in [6.45, 7) is 12.2. The van der Waals surface area contributed by atoms with E-state index >= 15 is 0 Å². The molecule has 3 bridgehead atoms. The highest BCUT2D eigenvalue weighted by Gasteiger charge is 2.83. The van der Waals surface area contributed by atoms with Gasteiger partial charge >= 0.3 is 5.97 Å². The third kappa shape index (κ3) is 6.18. The second-order valence-electron chi connectivity index (χ2n) is 19.8. The van der Waals surface area contributed by atoms with Gasteiger partial charge in [-0.1, -0.05) is 37.3 Å². The Bertz CT molecular complexity index is 2470. The van der Waals surface area contributed by atoms with Crippen LogP contribution in [0.15, 0.2) is 42.6 Å². The standard InChI is InChI=1S/C46H57N9O4S/c1-28-31-9-7-18-54(39(31)53-52-38(28)51-41-49-34-10-5-6-11-35(34)60-41)36-13-12-32(37(50-36)40(58)59)33-19-48-55(29(33)2)27-44-21-42(3)22-45(15-8-16-47-17-14-30(57)20-56)25-43(4,24-44)46(45,23-42)26-44/h5-6,10-13,19,30,47,56-57H,7-9,14-18,20-27H2,1-4H3,(H,58,59)(H,49,51,52). The molecule has 5 heterocycles. The summed E-state index contributed by atoms with van der Waals surface area (Å²) in [5.74, 6) is 0.846. The minimum atomic E-state index is -1.07. The van der Waals surface area contributed by atoms with E-state index in [2.05, 4.69) is 52.4 Å². The summed E-state index contributed by atoms with van der Waals surface area (Å²) >= 11 is 1.58. The van der Waals surface area contributed by atoms with Crippen LogP contribution in [-0.4, -0.2) is 83.6 Å². The van der Waals surface area contributed by atoms with Gasteiger partial charge in [-0.05, 0) is 149 Å². The number of rotatable bonds is 15. The molecule has 1 aliphatic heterocycles. The second kappa shape index (κ2) is 14.3. The number of pyridine rings is 1. The highest BCUT2D eigenvalue weighted by molar-refractivity contribution is 7.22. The number of carbonyl (C=O) groups is 1. The fraction of sp³-hybridized carbons (Fsp3) is 0.565. The van der Waals surface area contributed by atoms with Gasteiger partial charge in [0.1, 0.15) is 5.82 Å². The third-order valence-electron chi connectivity index (χ3n) is 15.7. The molecule has 60 heavy (non-hydrogen) atoms. The van der Waals surface area contributed by atoms with Gasteiger partial charge < -0.3 is 30.9 Å². The van der Waals surface area contributed by atoms with Crippen molar-refractivity contribution in [3.8, 4) is 11.1 Å². The molecule has 4 fully saturated rings. The molecule has 4 saturated carbocycles. The van der Waals surface area contributed by atoms with Crippen LogP contribution in [-0.2, 0) is 13.0 Å². The number of fused-ring (bicyclic) bond motifs is 4. The monoisotopic (exact) mass is 831 g/mol. The number of para-hydroxylation sites is 1. The van der Waals surface area contributed by atoms with E-state index in [4.69, 9.17) is 20.2 Å². The summed E-state index contributed by atoms with van der Waals surface area (Å²) in [5.41, 5.74) is 6.96. The number of aromatic carboxylic acids is 1. The van der Waals surface area contributed by atoms with Crippen LogP contribution in [0.5, 0.6) is 0 Å². The molecule has 5 aliphatic rings. The number of carboxylic acids is 1. The topological polar surface area (TPSA) is 174 Å². The van der Waals surface area contributed by atoms with E-state index in [1.54, 1.807) is 11.3 Å². The SMILES string of the molecule is Cc1c(Nc2nc3ccccc3s2)nnc2c1CCCN2c1ccc(-c2cnn(CC34CC5(C)CC6(CCCNCCC(O)CO)CC(C)(C3)C6(C5)C4)c2C)c(C(=O)O)n1. The predicted octanol–water partition coefficient (Wildman–Crippen LogP) is 7.97. The van der Waals surface area contributed by atoms with Crippen molar-refractivity contribution in [1.29, 1.82) is 0 Å². The molecule has 5 aromatic rings. The fourth-order valence-electron chi connectivity index (χ4n) is 14.0. The van der Waals surface area contributed by atoms with Crippen LogP contribution in [0.3, 0.4) is 0 Å². The Morgan fingerprint density at radius 1 is 0.983 bits per heavy atom. The van der Waals surface area contributed by atoms with Crippen LogP contribution in [0.4, 0.5) is 22.6 Å². The zero-order valence-corrected chi connectivity index (χ0v) is 36.0. The first-order valence-electron chi connectivity index (χ1n) is 21.8. The molecule has 6 atom stereocenters. The van der Waals surface area contributed by atoms with Crippen molar-refractivity contribution < 1.29 is 20.1 Å². The summed E-state index contributed by atoms with van der Waals surface area (Å²) < 4.78 is 3.27. The van der Waals surface area contributed by atoms with Crippen LogP contribution in [0, 0.1) is 40.9 Å². The number of aliphatic hydroxyl groups excluding tert-OH is 2. The maximum Gasteiger partial charge on any atom is 0.355 e. The fourth-order valence-corrected chi connectivity index (χ4v) is 14.8. The summed E-state index contributed by atoms with van der Waals surface area (Å²) in [6.07, 6.45) is 13.5. The van der Waals surface area contributed by atoms with E-state index in [-0.39, 0.29) is 17.7 Å². The average Bonchev–Trinajstić information content (AvgIpc) is 3.88. The lowest BCUT2D eigenvalue weighted by molar-refractivity contribution is -0.173. The van der Waals surface area contributed by atoms with Gasteiger partial charge in [-0.3, -0.25) is 4.68 Å². The summed E-state index contributed by atoms with van der Waals surface area (Å²) in [6, 6.07) is 11.9. The van der Waals surface area contributed by atoms with Crippen LogP contribution in [0.2, 0.25) is 0 Å². The molecule has 4 aromatic heterocycles. The Balaban J connectivity index is 0.872. The third-order valence-corrected chi connectivity index (χ3v) is 16.6. The van der Waals surface area contributed by atoms with Crippen LogP contribution >= 0.6 is 11.3 Å². The lowest BCUT2D eigenvalue weighted by Crippen LogP contribution is -2.58. The number of aromatic nitrogens is 6. The highest BCUT2D eigenvalue weighted by Crippen LogP contribution is 2.92. The maximum atomic E-state index is 13.0. The largest absolute Gasteiger partial charge is 0.476 e. The number of nitrogens with one attached hydrogen (secondary N) is 2. The maximum absolute atomic E-state index is 13.0. The van der Waals surface area contributed by atoms with E-state index in [1.807, 2.05) is 48.4 Å². The van der Waals surface area contributed by atoms with Crippen molar-refractivity contribution >= 4 is 50.1 Å². The normalized spacial score (nSPS) is 29.1. The van der Waals surface area contributed by atoms with Gasteiger partial charge in [-0.15, -0.1) is 10.2 Å². The molecule has 316 valence electrons. The Hall–Kier alpha value is -4.50. The van der Waals surface area contributed by atoms with Crippen LogP contribution in [0.25, 0.3) is 21.3 Å². The van der Waals surface area contributed by atoms with Gasteiger partial charge in [0.25, 0.3) is 0 Å². The highest BCUT2D eigenvalue weighted by atomic mass is 32.1. The number of nitrogens with zero attached hydrogens (tertiary/aromatic N) is 7. The number of anilines is 4. The van der Waals surface area contributed by atoms with E-state index in [9.17, 15) is 15.0 Å². The molecular weight excluding hydrogens is 775 g/mol. The van der Waals surface area contributed by atoms with Crippen molar-refractivity contribution in [3.63, 3.8) is 0 Å². The second-order valence-corrected chi connectivity index (χ2v) is 20.8. The van der Waals surface area contributed by atoms with Gasteiger partial charge in [0.15, 0.2) is 22.5 Å². The Kier molecular flexibility index (Phi) is 9.43. The molecule has 1 spiro atoms. The van der Waals surface area contributed by atoms with E-state index in [0.29, 0.717) is 57.6 Å². The van der Waals surface area contributed by atoms with Gasteiger partial charge in [-0.2, -0.15) is 5.10 Å². The van der Waals surface area contributed by atoms with Crippen molar-refractivity contribution in [2.45, 2.75) is 111 Å². The van der Waals surface area contributed by atoms with Gasteiger partial charge in [0, 0.05) is 41.0 Å². The summed E-state index contributed by atoms with van der Waals surface area (Å²) in [7, 11) is 0. The molecule has 13 nitrogen and oxygen atoms in total. The number of thiazole rings is 1. The molecule has 14 heteroatoms. The predicted molar refractivity (Wildman–Crippen MR) is 233 cm³/mol. The first-order chi connectivity index (χ1) is 28.8. The molecular formula is C46H57N9O4S. The minimum absolute atomic E-state index is 0.0108. The van der Waals surface area contributed by atoms with E-state index in [0.717, 1.165) is 76.6 Å². The number of benzene rings is 1. The summed E-state index contributed by atoms with van der Waals surface area (Å²) in [5, 5.41) is 51.4. The zero-order valence-electron chi connectivity index (χ0n) is 35.2. The van der Waals surface area contributed by atoms with Gasteiger partial charge in [0.2, 0.25) is 0 Å². The Morgan fingerprint density at radius 2 is 1.83 bits per heavy atom. The first-order valence-corrected chi connectivity index (χ1v) is 22.6. The molecule has 1 aromatic carbocycles.